The van der Waals surface area contributed by atoms with Gasteiger partial charge in [-0.05, 0) is 39.3 Å². The number of hydrogen-bond acceptors (Lipinski definition) is 4. The summed E-state index contributed by atoms with van der Waals surface area (Å²) in [5.41, 5.74) is 2.35. The maximum atomic E-state index is 12.6. The number of nitrogens with one attached hydrogen (secondary N) is 3. The summed E-state index contributed by atoms with van der Waals surface area (Å²) >= 11 is 0. The summed E-state index contributed by atoms with van der Waals surface area (Å²) < 4.78 is 1.61. The highest BCUT2D eigenvalue weighted by Crippen LogP contribution is 2.21. The number of amides is 2. The number of rotatable bonds is 4. The van der Waals surface area contributed by atoms with Crippen molar-refractivity contribution in [3.05, 3.63) is 47.2 Å². The average molecular weight is 355 g/mol. The first kappa shape index (κ1) is 18.1. The molecule has 3 N–H and O–H groups in total. The number of carbonyl (C=O) groups excluding carboxylic acids is 2. The molecule has 1 saturated heterocycles. The van der Waals surface area contributed by atoms with Gasteiger partial charge in [-0.25, -0.2) is 4.68 Å². The second-order valence-corrected chi connectivity index (χ2v) is 6.82. The molecule has 1 aliphatic rings. The fourth-order valence-electron chi connectivity index (χ4n) is 3.33. The normalized spacial score (nSPS) is 22.8. The smallest absolute Gasteiger partial charge is 0.256 e. The Labute approximate surface area is 153 Å². The maximum absolute atomic E-state index is 12.6. The maximum Gasteiger partial charge on any atom is 0.256 e. The number of benzene rings is 1. The fourth-order valence-corrected chi connectivity index (χ4v) is 3.33. The van der Waals surface area contributed by atoms with E-state index < -0.39 is 6.29 Å². The Balaban J connectivity index is 1.82. The van der Waals surface area contributed by atoms with Crippen molar-refractivity contribution in [3.63, 3.8) is 0 Å². The summed E-state index contributed by atoms with van der Waals surface area (Å²) in [5, 5.41) is 13.6. The molecule has 1 aromatic heterocycles. The van der Waals surface area contributed by atoms with E-state index in [4.69, 9.17) is 0 Å². The zero-order valence-corrected chi connectivity index (χ0v) is 15.5. The third-order valence-electron chi connectivity index (χ3n) is 4.70. The summed E-state index contributed by atoms with van der Waals surface area (Å²) in [7, 11) is 0. The molecule has 7 nitrogen and oxygen atoms in total. The number of aromatic nitrogens is 2. The Bertz CT molecular complexity index is 829. The Morgan fingerprint density at radius 3 is 2.73 bits per heavy atom. The van der Waals surface area contributed by atoms with E-state index in [1.54, 1.807) is 16.8 Å². The van der Waals surface area contributed by atoms with Crippen molar-refractivity contribution in [1.29, 1.82) is 0 Å². The van der Waals surface area contributed by atoms with Gasteiger partial charge in [-0.2, -0.15) is 5.10 Å². The van der Waals surface area contributed by atoms with E-state index in [0.29, 0.717) is 11.4 Å². The lowest BCUT2D eigenvalue weighted by molar-refractivity contribution is -0.130. The molecule has 2 aromatic rings. The van der Waals surface area contributed by atoms with Crippen molar-refractivity contribution in [2.75, 3.05) is 5.32 Å². The van der Waals surface area contributed by atoms with Crippen molar-refractivity contribution in [2.45, 2.75) is 46.4 Å². The Morgan fingerprint density at radius 2 is 2.08 bits per heavy atom. The molecule has 2 amide bonds. The average Bonchev–Trinajstić information content (AvgIpc) is 2.95. The van der Waals surface area contributed by atoms with Gasteiger partial charge in [-0.15, -0.1) is 0 Å². The molecule has 0 aliphatic carbocycles. The quantitative estimate of drug-likeness (QED) is 0.785. The van der Waals surface area contributed by atoms with Crippen LogP contribution in [0.1, 0.15) is 48.2 Å². The third-order valence-corrected chi connectivity index (χ3v) is 4.70. The summed E-state index contributed by atoms with van der Waals surface area (Å²) in [6.45, 7) is 7.77. The van der Waals surface area contributed by atoms with E-state index in [-0.39, 0.29) is 23.8 Å². The topological polar surface area (TPSA) is 88.1 Å². The van der Waals surface area contributed by atoms with Crippen molar-refractivity contribution in [1.82, 2.24) is 20.4 Å². The molecule has 0 bridgehead atoms. The predicted molar refractivity (Wildman–Crippen MR) is 99.7 cm³/mol. The molecule has 3 rings (SSSR count). The first-order chi connectivity index (χ1) is 12.4. The van der Waals surface area contributed by atoms with Gasteiger partial charge in [0.25, 0.3) is 5.91 Å². The molecule has 0 radical (unpaired) electrons. The van der Waals surface area contributed by atoms with Gasteiger partial charge in [-0.1, -0.05) is 24.6 Å². The molecule has 0 spiro atoms. The summed E-state index contributed by atoms with van der Waals surface area (Å²) in [6, 6.07) is 9.20. The van der Waals surface area contributed by atoms with Gasteiger partial charge < -0.3 is 10.6 Å². The van der Waals surface area contributed by atoms with Gasteiger partial charge in [0, 0.05) is 17.7 Å². The molecule has 0 saturated carbocycles. The first-order valence-electron chi connectivity index (χ1n) is 8.89. The number of aryl methyl sites for hydroxylation is 2. The molecular formula is C19H25N5O2. The molecule has 3 unspecified atom stereocenters. The van der Waals surface area contributed by atoms with E-state index in [2.05, 4.69) is 21.0 Å². The summed E-state index contributed by atoms with van der Waals surface area (Å²) in [5.74, 6) is 0.242. The molecule has 1 fully saturated rings. The number of anilines is 1. The molecular weight excluding hydrogens is 330 g/mol. The van der Waals surface area contributed by atoms with Crippen LogP contribution in [0.5, 0.6) is 0 Å². The largest absolute Gasteiger partial charge is 0.322 e. The van der Waals surface area contributed by atoms with Crippen LogP contribution in [0.25, 0.3) is 0 Å². The fraction of sp³-hybridized carbons (Fsp3) is 0.421. The van der Waals surface area contributed by atoms with Crippen LogP contribution < -0.4 is 16.0 Å². The standard InChI is InChI=1S/C19H25N5O2/c1-5-15-13(4)20-19(22-18(15)26)24-16(10-12(3)23-24)21-17(25)14-8-6-7-11(2)9-14/h6-10,13,15,19-20H,5H2,1-4H3,(H,21,25)(H,22,26). The van der Waals surface area contributed by atoms with Gasteiger partial charge in [-0.3, -0.25) is 14.9 Å². The van der Waals surface area contributed by atoms with Gasteiger partial charge in [0.2, 0.25) is 5.91 Å². The van der Waals surface area contributed by atoms with E-state index in [1.165, 1.54) is 0 Å². The summed E-state index contributed by atoms with van der Waals surface area (Å²) in [6.07, 6.45) is 0.267. The zero-order valence-electron chi connectivity index (χ0n) is 15.5. The minimum Gasteiger partial charge on any atom is -0.322 e. The van der Waals surface area contributed by atoms with Crippen LogP contribution in [0.3, 0.4) is 0 Å². The first-order valence-corrected chi connectivity index (χ1v) is 8.89. The minimum atomic E-state index is -0.498. The third kappa shape index (κ3) is 3.62. The second kappa shape index (κ2) is 7.29. The van der Waals surface area contributed by atoms with Crippen LogP contribution in [0, 0.1) is 19.8 Å². The van der Waals surface area contributed by atoms with Crippen molar-refractivity contribution in [3.8, 4) is 0 Å². The predicted octanol–water partition coefficient (Wildman–Crippen LogP) is 2.34. The lowest BCUT2D eigenvalue weighted by Gasteiger charge is -2.35. The van der Waals surface area contributed by atoms with Gasteiger partial charge in [0.15, 0.2) is 6.29 Å². The van der Waals surface area contributed by atoms with Crippen LogP contribution in [0.4, 0.5) is 5.82 Å². The van der Waals surface area contributed by atoms with Crippen LogP contribution in [-0.4, -0.2) is 27.6 Å². The Kier molecular flexibility index (Phi) is 5.08. The molecule has 138 valence electrons. The molecule has 7 heteroatoms. The molecule has 3 atom stereocenters. The van der Waals surface area contributed by atoms with E-state index >= 15 is 0 Å². The van der Waals surface area contributed by atoms with Gasteiger partial charge >= 0.3 is 0 Å². The highest BCUT2D eigenvalue weighted by atomic mass is 16.2. The number of carbonyl (C=O) groups is 2. The van der Waals surface area contributed by atoms with Gasteiger partial charge in [0.1, 0.15) is 5.82 Å². The van der Waals surface area contributed by atoms with E-state index in [1.807, 2.05) is 45.9 Å². The number of nitrogens with zero attached hydrogens (tertiary/aromatic N) is 2. The second-order valence-electron chi connectivity index (χ2n) is 6.82. The lowest BCUT2D eigenvalue weighted by atomic mass is 9.95. The Morgan fingerprint density at radius 1 is 1.31 bits per heavy atom. The van der Waals surface area contributed by atoms with E-state index in [0.717, 1.165) is 17.7 Å². The molecule has 1 aromatic carbocycles. The summed E-state index contributed by atoms with van der Waals surface area (Å²) in [4.78, 5) is 24.9. The van der Waals surface area contributed by atoms with Crippen LogP contribution >= 0.6 is 0 Å². The lowest BCUT2D eigenvalue weighted by Crippen LogP contribution is -2.57. The van der Waals surface area contributed by atoms with E-state index in [9.17, 15) is 9.59 Å². The monoisotopic (exact) mass is 355 g/mol. The highest BCUT2D eigenvalue weighted by Gasteiger charge is 2.34. The molecule has 1 aliphatic heterocycles. The molecule has 2 heterocycles. The van der Waals surface area contributed by atoms with Crippen molar-refractivity contribution >= 4 is 17.6 Å². The van der Waals surface area contributed by atoms with Crippen molar-refractivity contribution in [2.24, 2.45) is 5.92 Å². The van der Waals surface area contributed by atoms with Crippen molar-refractivity contribution < 1.29 is 9.59 Å². The van der Waals surface area contributed by atoms with Crippen LogP contribution in [-0.2, 0) is 4.79 Å². The molecule has 26 heavy (non-hydrogen) atoms. The van der Waals surface area contributed by atoms with Gasteiger partial charge in [0.05, 0.1) is 11.6 Å². The zero-order chi connectivity index (χ0) is 18.8. The SMILES string of the molecule is CCC1C(=O)NC(n2nc(C)cc2NC(=O)c2cccc(C)c2)NC1C. The van der Waals surface area contributed by atoms with Crippen LogP contribution in [0.15, 0.2) is 30.3 Å². The van der Waals surface area contributed by atoms with Crippen LogP contribution in [0.2, 0.25) is 0 Å². The Hall–Kier alpha value is -2.67. The highest BCUT2D eigenvalue weighted by molar-refractivity contribution is 6.04. The number of hydrogen-bond donors (Lipinski definition) is 3. The minimum absolute atomic E-state index is 0.00661.